The van der Waals surface area contributed by atoms with E-state index >= 15 is 0 Å². The highest BCUT2D eigenvalue weighted by atomic mass is 16.4. The highest BCUT2D eigenvalue weighted by Crippen LogP contribution is 2.17. The van der Waals surface area contributed by atoms with Crippen molar-refractivity contribution in [2.75, 3.05) is 7.05 Å². The van der Waals surface area contributed by atoms with Crippen molar-refractivity contribution in [3.05, 3.63) is 0 Å². The molecule has 104 valence electrons. The molecule has 0 fully saturated rings. The molecular weight excluding hydrogens is 242 g/mol. The predicted molar refractivity (Wildman–Crippen MR) is 62.0 cm³/mol. The Morgan fingerprint density at radius 3 is 2.11 bits per heavy atom. The molecule has 0 radical (unpaired) electrons. The molecule has 0 amide bonds. The first-order valence-corrected chi connectivity index (χ1v) is 5.58. The van der Waals surface area contributed by atoms with E-state index in [0.29, 0.717) is 0 Å². The molecule has 0 aliphatic rings. The van der Waals surface area contributed by atoms with E-state index in [9.17, 15) is 19.5 Å². The zero-order chi connectivity index (χ0) is 14.5. The highest BCUT2D eigenvalue weighted by molar-refractivity contribution is 6.11. The van der Waals surface area contributed by atoms with Crippen LogP contribution in [0.15, 0.2) is 0 Å². The Bertz CT molecular complexity index is 336. The monoisotopic (exact) mass is 261 g/mol. The number of hydrogen-bond acceptors (Lipinski definition) is 6. The minimum atomic E-state index is -2.81. The number of nitrogens with one attached hydrogen (secondary N) is 1. The SMILES string of the molecule is CC[C@H](NC)C(=O)[C@@](O)(CC(=O)[C@@H](C)O)C(=O)O. The van der Waals surface area contributed by atoms with Gasteiger partial charge in [-0.3, -0.25) is 9.59 Å². The molecule has 7 nitrogen and oxygen atoms in total. The largest absolute Gasteiger partial charge is 0.479 e. The van der Waals surface area contributed by atoms with Gasteiger partial charge in [-0.15, -0.1) is 0 Å². The zero-order valence-corrected chi connectivity index (χ0v) is 10.6. The number of aliphatic carboxylic acids is 1. The van der Waals surface area contributed by atoms with Gasteiger partial charge < -0.3 is 20.6 Å². The lowest BCUT2D eigenvalue weighted by atomic mass is 9.86. The topological polar surface area (TPSA) is 124 Å². The van der Waals surface area contributed by atoms with Gasteiger partial charge in [-0.1, -0.05) is 6.92 Å². The first-order chi connectivity index (χ1) is 8.20. The zero-order valence-electron chi connectivity index (χ0n) is 10.6. The first-order valence-electron chi connectivity index (χ1n) is 5.58. The smallest absolute Gasteiger partial charge is 0.344 e. The number of rotatable bonds is 8. The second-order valence-corrected chi connectivity index (χ2v) is 4.10. The van der Waals surface area contributed by atoms with Crippen LogP contribution < -0.4 is 5.32 Å². The molecule has 0 heterocycles. The summed E-state index contributed by atoms with van der Waals surface area (Å²) in [6, 6.07) is -0.868. The van der Waals surface area contributed by atoms with Crippen molar-refractivity contribution in [3.63, 3.8) is 0 Å². The van der Waals surface area contributed by atoms with Crippen molar-refractivity contribution in [2.24, 2.45) is 0 Å². The van der Waals surface area contributed by atoms with E-state index in [1.54, 1.807) is 6.92 Å². The number of carbonyl (C=O) groups excluding carboxylic acids is 2. The summed E-state index contributed by atoms with van der Waals surface area (Å²) in [6.07, 6.45) is -2.11. The van der Waals surface area contributed by atoms with Gasteiger partial charge in [0.2, 0.25) is 5.60 Å². The maximum absolute atomic E-state index is 11.9. The Balaban J connectivity index is 5.21. The van der Waals surface area contributed by atoms with Crippen LogP contribution in [-0.4, -0.2) is 57.6 Å². The molecule has 0 aromatic heterocycles. The summed E-state index contributed by atoms with van der Waals surface area (Å²) in [5.41, 5.74) is -2.81. The summed E-state index contributed by atoms with van der Waals surface area (Å²) in [5.74, 6) is -3.69. The Labute approximate surface area is 105 Å². The average Bonchev–Trinajstić information content (AvgIpc) is 2.29. The fraction of sp³-hybridized carbons (Fsp3) is 0.727. The van der Waals surface area contributed by atoms with Gasteiger partial charge in [0.05, 0.1) is 12.5 Å². The first kappa shape index (κ1) is 16.7. The normalized spacial score (nSPS) is 17.6. The fourth-order valence-electron chi connectivity index (χ4n) is 1.48. The molecule has 0 rings (SSSR count). The minimum absolute atomic E-state index is 0.272. The van der Waals surface area contributed by atoms with Crippen LogP contribution in [0, 0.1) is 0 Å². The summed E-state index contributed by atoms with van der Waals surface area (Å²) in [7, 11) is 1.45. The van der Waals surface area contributed by atoms with E-state index in [1.165, 1.54) is 7.05 Å². The van der Waals surface area contributed by atoms with Crippen LogP contribution in [0.3, 0.4) is 0 Å². The van der Waals surface area contributed by atoms with Crippen molar-refractivity contribution < 1.29 is 29.7 Å². The fourth-order valence-corrected chi connectivity index (χ4v) is 1.48. The van der Waals surface area contributed by atoms with E-state index in [4.69, 9.17) is 10.2 Å². The lowest BCUT2D eigenvalue weighted by Crippen LogP contribution is -2.56. The van der Waals surface area contributed by atoms with Gasteiger partial charge >= 0.3 is 5.97 Å². The number of Topliss-reactive ketones (excluding diaryl/α,β-unsaturated/α-hetero) is 2. The van der Waals surface area contributed by atoms with Crippen LogP contribution in [0.25, 0.3) is 0 Å². The molecule has 4 N–H and O–H groups in total. The van der Waals surface area contributed by atoms with Gasteiger partial charge in [-0.25, -0.2) is 4.79 Å². The van der Waals surface area contributed by atoms with E-state index < -0.39 is 41.7 Å². The lowest BCUT2D eigenvalue weighted by molar-refractivity contribution is -0.169. The van der Waals surface area contributed by atoms with Crippen molar-refractivity contribution in [1.29, 1.82) is 0 Å². The Morgan fingerprint density at radius 1 is 1.33 bits per heavy atom. The molecule has 0 saturated carbocycles. The van der Waals surface area contributed by atoms with E-state index in [0.717, 1.165) is 6.92 Å². The third kappa shape index (κ3) is 3.59. The second-order valence-electron chi connectivity index (χ2n) is 4.10. The van der Waals surface area contributed by atoms with Gasteiger partial charge in [0, 0.05) is 0 Å². The number of aliphatic hydroxyl groups is 2. The van der Waals surface area contributed by atoms with Crippen LogP contribution in [0.2, 0.25) is 0 Å². The molecule has 0 unspecified atom stereocenters. The summed E-state index contributed by atoms with van der Waals surface area (Å²) < 4.78 is 0. The number of carboxylic acid groups (broad SMARTS) is 1. The number of likely N-dealkylation sites (N-methyl/N-ethyl adjacent to an activating group) is 1. The van der Waals surface area contributed by atoms with Gasteiger partial charge in [-0.05, 0) is 20.4 Å². The van der Waals surface area contributed by atoms with Crippen LogP contribution in [-0.2, 0) is 14.4 Å². The number of hydrogen-bond donors (Lipinski definition) is 4. The van der Waals surface area contributed by atoms with Crippen molar-refractivity contribution in [1.82, 2.24) is 5.32 Å². The van der Waals surface area contributed by atoms with Gasteiger partial charge in [0.1, 0.15) is 6.10 Å². The maximum atomic E-state index is 11.9. The van der Waals surface area contributed by atoms with Gasteiger partial charge in [-0.2, -0.15) is 0 Å². The average molecular weight is 261 g/mol. The molecule has 0 aromatic rings. The molecule has 0 aliphatic heterocycles. The summed E-state index contributed by atoms with van der Waals surface area (Å²) in [5, 5.41) is 30.4. The molecule has 0 aliphatic carbocycles. The number of carboxylic acids is 1. The molecular formula is C11H19NO6. The van der Waals surface area contributed by atoms with Crippen molar-refractivity contribution in [3.8, 4) is 0 Å². The predicted octanol–water partition coefficient (Wildman–Crippen LogP) is -1.29. The number of ketones is 2. The third-order valence-electron chi connectivity index (χ3n) is 2.73. The Hall–Kier alpha value is -1.31. The van der Waals surface area contributed by atoms with Crippen LogP contribution in [0.4, 0.5) is 0 Å². The number of carbonyl (C=O) groups is 3. The number of aliphatic hydroxyl groups excluding tert-OH is 1. The quantitative estimate of drug-likeness (QED) is 0.401. The standard InChI is InChI=1S/C11H19NO6/c1-4-7(12-3)9(15)11(18,10(16)17)5-8(14)6(2)13/h6-7,12-13,18H,4-5H2,1-3H3,(H,16,17)/t6-,7+,11+/m1/s1. The summed E-state index contributed by atoms with van der Waals surface area (Å²) >= 11 is 0. The second kappa shape index (κ2) is 6.58. The molecule has 0 saturated heterocycles. The molecule has 18 heavy (non-hydrogen) atoms. The van der Waals surface area contributed by atoms with Crippen molar-refractivity contribution in [2.45, 2.75) is 44.4 Å². The Morgan fingerprint density at radius 2 is 1.83 bits per heavy atom. The third-order valence-corrected chi connectivity index (χ3v) is 2.73. The van der Waals surface area contributed by atoms with Crippen LogP contribution in [0.5, 0.6) is 0 Å². The molecule has 7 heteroatoms. The lowest BCUT2D eigenvalue weighted by Gasteiger charge is -2.26. The Kier molecular flexibility index (Phi) is 6.10. The van der Waals surface area contributed by atoms with Gasteiger partial charge in [0.15, 0.2) is 11.6 Å². The highest BCUT2D eigenvalue weighted by Gasteiger charge is 2.48. The minimum Gasteiger partial charge on any atom is -0.479 e. The molecule has 0 spiro atoms. The van der Waals surface area contributed by atoms with Crippen molar-refractivity contribution >= 4 is 17.5 Å². The van der Waals surface area contributed by atoms with E-state index in [-0.39, 0.29) is 6.42 Å². The molecule has 0 bridgehead atoms. The maximum Gasteiger partial charge on any atom is 0.344 e. The summed E-state index contributed by atoms with van der Waals surface area (Å²) in [6.45, 7) is 2.78. The molecule has 0 aromatic carbocycles. The van der Waals surface area contributed by atoms with E-state index in [2.05, 4.69) is 5.32 Å². The van der Waals surface area contributed by atoms with Gasteiger partial charge in [0.25, 0.3) is 0 Å². The van der Waals surface area contributed by atoms with Crippen LogP contribution >= 0.6 is 0 Å². The molecule has 3 atom stereocenters. The van der Waals surface area contributed by atoms with Crippen LogP contribution in [0.1, 0.15) is 26.7 Å². The van der Waals surface area contributed by atoms with E-state index in [1.807, 2.05) is 0 Å². The summed E-state index contributed by atoms with van der Waals surface area (Å²) in [4.78, 5) is 34.2.